The topological polar surface area (TPSA) is 3.24 Å². The molecule has 0 saturated carbocycles. The van der Waals surface area contributed by atoms with Crippen LogP contribution < -0.4 is 0 Å². The minimum atomic E-state index is 0.873. The molecule has 0 unspecified atom stereocenters. The van der Waals surface area contributed by atoms with E-state index < -0.39 is 0 Å². The zero-order valence-electron chi connectivity index (χ0n) is 8.26. The lowest BCUT2D eigenvalue weighted by Gasteiger charge is -2.32. The van der Waals surface area contributed by atoms with Gasteiger partial charge in [-0.2, -0.15) is 0 Å². The van der Waals surface area contributed by atoms with Crippen molar-refractivity contribution in [1.82, 2.24) is 4.90 Å². The SMILES string of the molecule is C[C@@H]1CCCCC[C@@H]2CCCN21. The third-order valence-electron chi connectivity index (χ3n) is 3.65. The molecule has 70 valence electrons. The van der Waals surface area contributed by atoms with Crippen LogP contribution in [0.2, 0.25) is 0 Å². The van der Waals surface area contributed by atoms with Crippen LogP contribution in [0.4, 0.5) is 0 Å². The van der Waals surface area contributed by atoms with Gasteiger partial charge < -0.3 is 0 Å². The quantitative estimate of drug-likeness (QED) is 0.536. The van der Waals surface area contributed by atoms with Crippen LogP contribution in [0.15, 0.2) is 0 Å². The lowest BCUT2D eigenvalue weighted by molar-refractivity contribution is 0.158. The Morgan fingerprint density at radius 1 is 0.917 bits per heavy atom. The summed E-state index contributed by atoms with van der Waals surface area (Å²) >= 11 is 0. The molecule has 0 bridgehead atoms. The highest BCUT2D eigenvalue weighted by Gasteiger charge is 2.28. The average molecular weight is 167 g/mol. The van der Waals surface area contributed by atoms with E-state index in [9.17, 15) is 0 Å². The Labute approximate surface area is 76.1 Å². The fourth-order valence-electron chi connectivity index (χ4n) is 2.91. The van der Waals surface area contributed by atoms with E-state index in [1.807, 2.05) is 0 Å². The smallest absolute Gasteiger partial charge is 0.00985 e. The largest absolute Gasteiger partial charge is 0.298 e. The molecule has 2 aliphatic heterocycles. The van der Waals surface area contributed by atoms with Gasteiger partial charge in [-0.3, -0.25) is 4.90 Å². The van der Waals surface area contributed by atoms with Crippen LogP contribution in [-0.2, 0) is 0 Å². The molecular weight excluding hydrogens is 146 g/mol. The second kappa shape index (κ2) is 3.78. The Bertz CT molecular complexity index is 144. The highest BCUT2D eigenvalue weighted by atomic mass is 15.2. The van der Waals surface area contributed by atoms with Crippen molar-refractivity contribution in [3.05, 3.63) is 0 Å². The zero-order chi connectivity index (χ0) is 8.39. The number of fused-ring (bicyclic) bond motifs is 1. The molecule has 0 aliphatic carbocycles. The summed E-state index contributed by atoms with van der Waals surface area (Å²) in [5.41, 5.74) is 0. The van der Waals surface area contributed by atoms with Crippen molar-refractivity contribution in [3.8, 4) is 0 Å². The van der Waals surface area contributed by atoms with Gasteiger partial charge in [0.05, 0.1) is 0 Å². The van der Waals surface area contributed by atoms with Crippen LogP contribution in [-0.4, -0.2) is 23.5 Å². The van der Waals surface area contributed by atoms with E-state index in [4.69, 9.17) is 0 Å². The van der Waals surface area contributed by atoms with Crippen molar-refractivity contribution in [2.24, 2.45) is 0 Å². The van der Waals surface area contributed by atoms with E-state index in [1.54, 1.807) is 0 Å². The Balaban J connectivity index is 1.98. The van der Waals surface area contributed by atoms with Crippen LogP contribution in [0.25, 0.3) is 0 Å². The van der Waals surface area contributed by atoms with Crippen LogP contribution in [0.3, 0.4) is 0 Å². The van der Waals surface area contributed by atoms with Gasteiger partial charge in [-0.25, -0.2) is 0 Å². The van der Waals surface area contributed by atoms with E-state index in [-0.39, 0.29) is 0 Å². The summed E-state index contributed by atoms with van der Waals surface area (Å²) in [5.74, 6) is 0. The summed E-state index contributed by atoms with van der Waals surface area (Å²) in [4.78, 5) is 2.76. The van der Waals surface area contributed by atoms with E-state index in [1.165, 1.54) is 51.5 Å². The third kappa shape index (κ3) is 1.66. The van der Waals surface area contributed by atoms with E-state index in [2.05, 4.69) is 11.8 Å². The van der Waals surface area contributed by atoms with Gasteiger partial charge in [0.15, 0.2) is 0 Å². The maximum Gasteiger partial charge on any atom is 0.00985 e. The zero-order valence-corrected chi connectivity index (χ0v) is 8.26. The van der Waals surface area contributed by atoms with Gasteiger partial charge in [-0.1, -0.05) is 19.3 Å². The first kappa shape index (κ1) is 8.55. The Hall–Kier alpha value is -0.0400. The molecule has 0 aromatic heterocycles. The van der Waals surface area contributed by atoms with E-state index >= 15 is 0 Å². The van der Waals surface area contributed by atoms with Crippen molar-refractivity contribution in [3.63, 3.8) is 0 Å². The van der Waals surface area contributed by atoms with Gasteiger partial charge >= 0.3 is 0 Å². The monoisotopic (exact) mass is 167 g/mol. The van der Waals surface area contributed by atoms with Gasteiger partial charge in [-0.15, -0.1) is 0 Å². The molecule has 2 fully saturated rings. The summed E-state index contributed by atoms with van der Waals surface area (Å²) in [6.07, 6.45) is 10.3. The Morgan fingerprint density at radius 2 is 1.67 bits per heavy atom. The number of rotatable bonds is 0. The number of nitrogens with zero attached hydrogens (tertiary/aromatic N) is 1. The molecule has 1 heteroatoms. The molecule has 2 saturated heterocycles. The summed E-state index contributed by atoms with van der Waals surface area (Å²) in [6.45, 7) is 3.80. The van der Waals surface area contributed by atoms with Crippen LogP contribution in [0.1, 0.15) is 51.9 Å². The molecule has 12 heavy (non-hydrogen) atoms. The van der Waals surface area contributed by atoms with E-state index in [0.717, 1.165) is 12.1 Å². The standard InChI is InChI=1S/C11H21N/c1-10-6-3-2-4-7-11-8-5-9-12(10)11/h10-11H,2-9H2,1H3/t10-,11-/m1/s1. The fraction of sp³-hybridized carbons (Fsp3) is 1.00. The van der Waals surface area contributed by atoms with Crippen LogP contribution in [0, 0.1) is 0 Å². The maximum atomic E-state index is 2.76. The molecular formula is C11H21N. The second-order valence-electron chi connectivity index (χ2n) is 4.52. The molecule has 1 nitrogen and oxygen atoms in total. The first-order valence-electron chi connectivity index (χ1n) is 5.63. The first-order chi connectivity index (χ1) is 5.88. The molecule has 0 radical (unpaired) electrons. The average Bonchev–Trinajstić information content (AvgIpc) is 2.47. The summed E-state index contributed by atoms with van der Waals surface area (Å²) < 4.78 is 0. The van der Waals surface area contributed by atoms with Crippen LogP contribution >= 0.6 is 0 Å². The molecule has 0 amide bonds. The predicted molar refractivity (Wildman–Crippen MR) is 52.3 cm³/mol. The highest BCUT2D eigenvalue weighted by molar-refractivity contribution is 4.84. The summed E-state index contributed by atoms with van der Waals surface area (Å²) in [6, 6.07) is 1.83. The van der Waals surface area contributed by atoms with Crippen LogP contribution in [0.5, 0.6) is 0 Å². The summed E-state index contributed by atoms with van der Waals surface area (Å²) in [5, 5.41) is 0. The number of hydrogen-bond acceptors (Lipinski definition) is 1. The molecule has 0 aromatic rings. The van der Waals surface area contributed by atoms with Gasteiger partial charge in [0.1, 0.15) is 0 Å². The lowest BCUT2D eigenvalue weighted by atomic mass is 9.99. The molecule has 0 N–H and O–H groups in total. The molecule has 2 rings (SSSR count). The first-order valence-corrected chi connectivity index (χ1v) is 5.63. The normalized spacial score (nSPS) is 38.8. The highest BCUT2D eigenvalue weighted by Crippen LogP contribution is 2.28. The van der Waals surface area contributed by atoms with Gasteiger partial charge in [0.2, 0.25) is 0 Å². The fourth-order valence-corrected chi connectivity index (χ4v) is 2.91. The third-order valence-corrected chi connectivity index (χ3v) is 3.65. The minimum Gasteiger partial charge on any atom is -0.298 e. The Morgan fingerprint density at radius 3 is 2.58 bits per heavy atom. The van der Waals surface area contributed by atoms with Crippen molar-refractivity contribution in [2.75, 3.05) is 6.54 Å². The predicted octanol–water partition coefficient (Wildman–Crippen LogP) is 2.80. The lowest BCUT2D eigenvalue weighted by Crippen LogP contribution is -2.38. The number of hydrogen-bond donors (Lipinski definition) is 0. The van der Waals surface area contributed by atoms with Gasteiger partial charge in [0, 0.05) is 12.1 Å². The van der Waals surface area contributed by atoms with Crippen molar-refractivity contribution in [1.29, 1.82) is 0 Å². The minimum absolute atomic E-state index is 0.873. The molecule has 2 aliphatic rings. The van der Waals surface area contributed by atoms with Crippen molar-refractivity contribution in [2.45, 2.75) is 64.0 Å². The van der Waals surface area contributed by atoms with Crippen molar-refractivity contribution >= 4 is 0 Å². The van der Waals surface area contributed by atoms with Gasteiger partial charge in [0.25, 0.3) is 0 Å². The molecule has 2 atom stereocenters. The molecule has 2 heterocycles. The summed E-state index contributed by atoms with van der Waals surface area (Å²) in [7, 11) is 0. The molecule has 0 aromatic carbocycles. The van der Waals surface area contributed by atoms with Gasteiger partial charge in [-0.05, 0) is 39.2 Å². The Kier molecular flexibility index (Phi) is 2.69. The molecule has 0 spiro atoms. The second-order valence-corrected chi connectivity index (χ2v) is 4.52. The maximum absolute atomic E-state index is 2.76. The van der Waals surface area contributed by atoms with E-state index in [0.29, 0.717) is 0 Å². The van der Waals surface area contributed by atoms with Crippen molar-refractivity contribution < 1.29 is 0 Å².